The SMILES string of the molecule is Br.C=CCN1CCC23CCCCC2C1Cc1ccc(O)cc13. The maximum absolute atomic E-state index is 9.98. The second-order valence-electron chi connectivity index (χ2n) is 7.15. The molecule has 3 atom stereocenters. The van der Waals surface area contributed by atoms with Gasteiger partial charge in [-0.15, -0.1) is 23.6 Å². The highest BCUT2D eigenvalue weighted by Gasteiger charge is 2.53. The fraction of sp³-hybridized carbons (Fsp3) is 0.579. The van der Waals surface area contributed by atoms with E-state index in [9.17, 15) is 5.11 Å². The Morgan fingerprint density at radius 1 is 1.32 bits per heavy atom. The number of hydrogen-bond donors (Lipinski definition) is 1. The van der Waals surface area contributed by atoms with E-state index in [0.717, 1.165) is 18.9 Å². The fourth-order valence-corrected chi connectivity index (χ4v) is 5.47. The number of halogens is 1. The molecular formula is C19H26BrNO. The summed E-state index contributed by atoms with van der Waals surface area (Å²) in [6.45, 7) is 6.15. The molecule has 3 aliphatic rings. The van der Waals surface area contributed by atoms with Crippen LogP contribution in [0.2, 0.25) is 0 Å². The number of piperidine rings is 1. The van der Waals surface area contributed by atoms with Gasteiger partial charge < -0.3 is 5.11 Å². The summed E-state index contributed by atoms with van der Waals surface area (Å²) in [5.74, 6) is 1.22. The Morgan fingerprint density at radius 2 is 2.18 bits per heavy atom. The summed E-state index contributed by atoms with van der Waals surface area (Å²) in [5.41, 5.74) is 3.29. The van der Waals surface area contributed by atoms with Gasteiger partial charge in [0.05, 0.1) is 0 Å². The third-order valence-corrected chi connectivity index (χ3v) is 6.30. The largest absolute Gasteiger partial charge is 0.508 e. The quantitative estimate of drug-likeness (QED) is 0.795. The van der Waals surface area contributed by atoms with Crippen molar-refractivity contribution in [2.24, 2.45) is 5.92 Å². The molecule has 0 spiro atoms. The van der Waals surface area contributed by atoms with Crippen molar-refractivity contribution in [3.05, 3.63) is 42.0 Å². The van der Waals surface area contributed by atoms with Crippen LogP contribution in [0.4, 0.5) is 0 Å². The number of rotatable bonds is 2. The van der Waals surface area contributed by atoms with Crippen LogP contribution >= 0.6 is 17.0 Å². The second-order valence-corrected chi connectivity index (χ2v) is 7.15. The third-order valence-electron chi connectivity index (χ3n) is 6.30. The Morgan fingerprint density at radius 3 is 3.00 bits per heavy atom. The summed E-state index contributed by atoms with van der Waals surface area (Å²) in [7, 11) is 0. The van der Waals surface area contributed by atoms with Crippen molar-refractivity contribution >= 4 is 17.0 Å². The van der Waals surface area contributed by atoms with Gasteiger partial charge in [-0.25, -0.2) is 0 Å². The molecule has 1 saturated heterocycles. The van der Waals surface area contributed by atoms with Crippen LogP contribution in [0.5, 0.6) is 5.75 Å². The molecule has 1 aromatic rings. The first-order valence-corrected chi connectivity index (χ1v) is 8.42. The van der Waals surface area contributed by atoms with Crippen LogP contribution in [0.1, 0.15) is 43.2 Å². The first-order valence-electron chi connectivity index (χ1n) is 8.42. The number of aromatic hydroxyl groups is 1. The molecule has 0 aromatic heterocycles. The molecule has 2 bridgehead atoms. The van der Waals surface area contributed by atoms with Gasteiger partial charge in [-0.3, -0.25) is 4.90 Å². The highest BCUT2D eigenvalue weighted by atomic mass is 79.9. The number of phenolic OH excluding ortho intramolecular Hbond substituents is 1. The van der Waals surface area contributed by atoms with Crippen molar-refractivity contribution in [3.63, 3.8) is 0 Å². The summed E-state index contributed by atoms with van der Waals surface area (Å²) in [6.07, 6.45) is 9.84. The summed E-state index contributed by atoms with van der Waals surface area (Å²) < 4.78 is 0. The molecule has 22 heavy (non-hydrogen) atoms. The third kappa shape index (κ3) is 2.25. The lowest BCUT2D eigenvalue weighted by Crippen LogP contribution is -2.60. The van der Waals surface area contributed by atoms with E-state index in [2.05, 4.69) is 29.7 Å². The fourth-order valence-electron chi connectivity index (χ4n) is 5.47. The van der Waals surface area contributed by atoms with Gasteiger partial charge in [0.1, 0.15) is 5.75 Å². The smallest absolute Gasteiger partial charge is 0.115 e. The minimum absolute atomic E-state index is 0. The standard InChI is InChI=1S/C19H25NO.BrH/c1-2-10-20-11-9-19-8-4-3-5-16(19)18(20)12-14-6-7-15(21)13-17(14)19;/h2,6-7,13,16,18,21H,1,3-5,8-12H2;1H. The Hall–Kier alpha value is -0.800. The zero-order chi connectivity index (χ0) is 14.4. The van der Waals surface area contributed by atoms with Gasteiger partial charge in [0, 0.05) is 18.0 Å². The summed E-state index contributed by atoms with van der Waals surface area (Å²) in [6, 6.07) is 6.79. The summed E-state index contributed by atoms with van der Waals surface area (Å²) in [4.78, 5) is 2.65. The average Bonchev–Trinajstić information content (AvgIpc) is 2.51. The van der Waals surface area contributed by atoms with Crippen LogP contribution < -0.4 is 0 Å². The van der Waals surface area contributed by atoms with Gasteiger partial charge in [0.15, 0.2) is 0 Å². The van der Waals surface area contributed by atoms with E-state index in [4.69, 9.17) is 0 Å². The van der Waals surface area contributed by atoms with Gasteiger partial charge in [-0.05, 0) is 61.4 Å². The minimum atomic E-state index is 0. The lowest BCUT2D eigenvalue weighted by Gasteiger charge is -2.59. The number of nitrogens with zero attached hydrogens (tertiary/aromatic N) is 1. The minimum Gasteiger partial charge on any atom is -0.508 e. The van der Waals surface area contributed by atoms with Crippen LogP contribution in [0.25, 0.3) is 0 Å². The van der Waals surface area contributed by atoms with Crippen LogP contribution in [-0.2, 0) is 11.8 Å². The predicted octanol–water partition coefficient (Wildman–Crippen LogP) is 4.21. The van der Waals surface area contributed by atoms with Gasteiger partial charge in [0.2, 0.25) is 0 Å². The Balaban J connectivity index is 0.00000144. The molecule has 3 unspecified atom stereocenters. The number of hydrogen-bond acceptors (Lipinski definition) is 2. The molecule has 0 radical (unpaired) electrons. The van der Waals surface area contributed by atoms with Gasteiger partial charge in [0.25, 0.3) is 0 Å². The number of fused-ring (bicyclic) bond motifs is 1. The lowest BCUT2D eigenvalue weighted by molar-refractivity contribution is -0.00517. The molecule has 1 saturated carbocycles. The van der Waals surface area contributed by atoms with E-state index in [1.165, 1.54) is 49.8 Å². The molecule has 4 rings (SSSR count). The first kappa shape index (κ1) is 16.1. The maximum Gasteiger partial charge on any atom is 0.115 e. The van der Waals surface area contributed by atoms with E-state index in [0.29, 0.717) is 17.2 Å². The highest BCUT2D eigenvalue weighted by molar-refractivity contribution is 8.93. The molecule has 1 aliphatic heterocycles. The number of benzene rings is 1. The molecule has 2 nitrogen and oxygen atoms in total. The molecule has 1 aromatic carbocycles. The lowest BCUT2D eigenvalue weighted by atomic mass is 9.52. The summed E-state index contributed by atoms with van der Waals surface area (Å²) in [5, 5.41) is 9.98. The van der Waals surface area contributed by atoms with E-state index >= 15 is 0 Å². The van der Waals surface area contributed by atoms with Crippen molar-refractivity contribution < 1.29 is 5.11 Å². The first-order chi connectivity index (χ1) is 10.2. The van der Waals surface area contributed by atoms with Crippen molar-refractivity contribution in [1.82, 2.24) is 4.90 Å². The Bertz CT molecular complexity index is 573. The number of phenols is 1. The van der Waals surface area contributed by atoms with Crippen molar-refractivity contribution in [3.8, 4) is 5.75 Å². The van der Waals surface area contributed by atoms with Crippen LogP contribution in [0.15, 0.2) is 30.9 Å². The average molecular weight is 364 g/mol. The Labute approximate surface area is 144 Å². The van der Waals surface area contributed by atoms with Crippen molar-refractivity contribution in [2.45, 2.75) is 50.0 Å². The maximum atomic E-state index is 9.98. The molecule has 120 valence electrons. The molecule has 0 amide bonds. The van der Waals surface area contributed by atoms with Gasteiger partial charge in [-0.1, -0.05) is 25.0 Å². The number of likely N-dealkylation sites (tertiary alicyclic amines) is 1. The predicted molar refractivity (Wildman–Crippen MR) is 95.9 cm³/mol. The zero-order valence-corrected chi connectivity index (χ0v) is 14.8. The normalized spacial score (nSPS) is 33.3. The van der Waals surface area contributed by atoms with Crippen LogP contribution in [0.3, 0.4) is 0 Å². The molecule has 2 fully saturated rings. The van der Waals surface area contributed by atoms with Crippen molar-refractivity contribution in [1.29, 1.82) is 0 Å². The molecule has 2 aliphatic carbocycles. The second kappa shape index (κ2) is 6.01. The highest BCUT2D eigenvalue weighted by Crippen LogP contribution is 2.56. The Kier molecular flexibility index (Phi) is 4.39. The zero-order valence-electron chi connectivity index (χ0n) is 13.1. The molecular weight excluding hydrogens is 338 g/mol. The van der Waals surface area contributed by atoms with E-state index in [1.807, 2.05) is 6.07 Å². The van der Waals surface area contributed by atoms with E-state index < -0.39 is 0 Å². The monoisotopic (exact) mass is 363 g/mol. The van der Waals surface area contributed by atoms with E-state index in [1.54, 1.807) is 0 Å². The van der Waals surface area contributed by atoms with Crippen molar-refractivity contribution in [2.75, 3.05) is 13.1 Å². The molecule has 1 heterocycles. The van der Waals surface area contributed by atoms with Gasteiger partial charge >= 0.3 is 0 Å². The molecule has 1 N–H and O–H groups in total. The van der Waals surface area contributed by atoms with Crippen LogP contribution in [0, 0.1) is 5.92 Å². The van der Waals surface area contributed by atoms with Crippen LogP contribution in [-0.4, -0.2) is 29.1 Å². The summed E-state index contributed by atoms with van der Waals surface area (Å²) >= 11 is 0. The van der Waals surface area contributed by atoms with E-state index in [-0.39, 0.29) is 17.0 Å². The topological polar surface area (TPSA) is 23.5 Å². The molecule has 3 heteroatoms. The van der Waals surface area contributed by atoms with Gasteiger partial charge in [-0.2, -0.15) is 0 Å².